The highest BCUT2D eigenvalue weighted by atomic mass is 16.4. The van der Waals surface area contributed by atoms with Crippen molar-refractivity contribution in [1.82, 2.24) is 5.32 Å². The summed E-state index contributed by atoms with van der Waals surface area (Å²) in [7, 11) is 0. The van der Waals surface area contributed by atoms with E-state index in [1.165, 1.54) is 25.7 Å². The molecule has 0 saturated heterocycles. The maximum Gasteiger partial charge on any atom is 0.307 e. The van der Waals surface area contributed by atoms with Crippen molar-refractivity contribution in [2.45, 2.75) is 64.8 Å². The van der Waals surface area contributed by atoms with Crippen molar-refractivity contribution in [3.8, 4) is 0 Å². The number of hydrogen-bond acceptors (Lipinski definition) is 2. The Hall–Kier alpha value is -1.06. The molecule has 2 fully saturated rings. The van der Waals surface area contributed by atoms with Crippen molar-refractivity contribution in [1.29, 1.82) is 0 Å². The normalized spacial score (nSPS) is 32.2. The Labute approximate surface area is 121 Å². The van der Waals surface area contributed by atoms with Crippen LogP contribution in [0.1, 0.15) is 58.8 Å². The molecule has 4 heteroatoms. The van der Waals surface area contributed by atoms with Crippen LogP contribution in [-0.4, -0.2) is 23.0 Å². The number of rotatable bonds is 5. The third kappa shape index (κ3) is 3.33. The van der Waals surface area contributed by atoms with Crippen LogP contribution < -0.4 is 5.32 Å². The fourth-order valence-corrected chi connectivity index (χ4v) is 3.95. The van der Waals surface area contributed by atoms with Crippen LogP contribution in [0.5, 0.6) is 0 Å². The molecule has 2 N–H and O–H groups in total. The summed E-state index contributed by atoms with van der Waals surface area (Å²) in [5, 5.41) is 12.4. The summed E-state index contributed by atoms with van der Waals surface area (Å²) in [6.07, 6.45) is 7.23. The summed E-state index contributed by atoms with van der Waals surface area (Å²) >= 11 is 0. The third-order valence-electron chi connectivity index (χ3n) is 5.37. The van der Waals surface area contributed by atoms with E-state index in [1.54, 1.807) is 0 Å². The second-order valence-corrected chi connectivity index (χ2v) is 6.64. The van der Waals surface area contributed by atoms with Gasteiger partial charge < -0.3 is 10.4 Å². The van der Waals surface area contributed by atoms with E-state index in [1.807, 2.05) is 0 Å². The van der Waals surface area contributed by atoms with Gasteiger partial charge in [0.2, 0.25) is 5.91 Å². The van der Waals surface area contributed by atoms with E-state index in [-0.39, 0.29) is 17.9 Å². The number of carboxylic acids is 1. The number of amides is 1. The van der Waals surface area contributed by atoms with Gasteiger partial charge >= 0.3 is 5.97 Å². The SMILES string of the molecule is CCC1CC(C(=O)O)C(C(=O)NC(C)C2CCCC2)C1. The van der Waals surface area contributed by atoms with Gasteiger partial charge in [0.05, 0.1) is 11.8 Å². The van der Waals surface area contributed by atoms with Gasteiger partial charge in [-0.25, -0.2) is 0 Å². The molecule has 0 radical (unpaired) electrons. The van der Waals surface area contributed by atoms with Crippen molar-refractivity contribution >= 4 is 11.9 Å². The lowest BCUT2D eigenvalue weighted by atomic mass is 9.93. The molecule has 4 unspecified atom stereocenters. The summed E-state index contributed by atoms with van der Waals surface area (Å²) in [6, 6.07) is 0.181. The van der Waals surface area contributed by atoms with E-state index in [9.17, 15) is 14.7 Å². The zero-order chi connectivity index (χ0) is 14.7. The number of aliphatic carboxylic acids is 1. The second kappa shape index (κ2) is 6.59. The van der Waals surface area contributed by atoms with Gasteiger partial charge in [-0.15, -0.1) is 0 Å². The molecule has 2 rings (SSSR count). The lowest BCUT2D eigenvalue weighted by Gasteiger charge is -2.23. The number of hydrogen-bond donors (Lipinski definition) is 2. The van der Waals surface area contributed by atoms with E-state index in [4.69, 9.17) is 0 Å². The monoisotopic (exact) mass is 281 g/mol. The minimum Gasteiger partial charge on any atom is -0.481 e. The number of carboxylic acid groups (broad SMARTS) is 1. The quantitative estimate of drug-likeness (QED) is 0.814. The third-order valence-corrected chi connectivity index (χ3v) is 5.37. The summed E-state index contributed by atoms with van der Waals surface area (Å²) < 4.78 is 0. The lowest BCUT2D eigenvalue weighted by molar-refractivity contribution is -0.146. The van der Waals surface area contributed by atoms with Gasteiger partial charge in [-0.3, -0.25) is 9.59 Å². The first kappa shape index (κ1) is 15.3. The highest BCUT2D eigenvalue weighted by molar-refractivity contribution is 5.85. The average Bonchev–Trinajstić information content (AvgIpc) is 3.07. The molecule has 0 heterocycles. The van der Waals surface area contributed by atoms with Crippen LogP contribution in [0.3, 0.4) is 0 Å². The number of carbonyl (C=O) groups excluding carboxylic acids is 1. The number of nitrogens with one attached hydrogen (secondary N) is 1. The predicted octanol–water partition coefficient (Wildman–Crippen LogP) is 2.82. The summed E-state index contributed by atoms with van der Waals surface area (Å²) in [4.78, 5) is 23.8. The topological polar surface area (TPSA) is 66.4 Å². The molecule has 20 heavy (non-hydrogen) atoms. The molecule has 4 nitrogen and oxygen atoms in total. The molecule has 0 aromatic heterocycles. The van der Waals surface area contributed by atoms with Crippen LogP contribution in [0.4, 0.5) is 0 Å². The fraction of sp³-hybridized carbons (Fsp3) is 0.875. The van der Waals surface area contributed by atoms with Gasteiger partial charge in [-0.05, 0) is 44.4 Å². The van der Waals surface area contributed by atoms with Crippen LogP contribution in [-0.2, 0) is 9.59 Å². The molecule has 2 aliphatic carbocycles. The summed E-state index contributed by atoms with van der Waals surface area (Å²) in [6.45, 7) is 4.14. The van der Waals surface area contributed by atoms with E-state index in [2.05, 4.69) is 19.2 Å². The van der Waals surface area contributed by atoms with E-state index >= 15 is 0 Å². The van der Waals surface area contributed by atoms with Crippen molar-refractivity contribution < 1.29 is 14.7 Å². The van der Waals surface area contributed by atoms with Crippen molar-refractivity contribution in [2.75, 3.05) is 0 Å². The maximum atomic E-state index is 12.4. The van der Waals surface area contributed by atoms with E-state index < -0.39 is 11.9 Å². The molecule has 4 atom stereocenters. The van der Waals surface area contributed by atoms with Gasteiger partial charge in [0.15, 0.2) is 0 Å². The van der Waals surface area contributed by atoms with Crippen molar-refractivity contribution in [3.63, 3.8) is 0 Å². The molecule has 2 aliphatic rings. The predicted molar refractivity (Wildman–Crippen MR) is 77.2 cm³/mol. The first-order valence-corrected chi connectivity index (χ1v) is 8.06. The van der Waals surface area contributed by atoms with E-state index in [0.717, 1.165) is 12.8 Å². The Balaban J connectivity index is 1.94. The van der Waals surface area contributed by atoms with Crippen LogP contribution in [0, 0.1) is 23.7 Å². The maximum absolute atomic E-state index is 12.4. The molecular weight excluding hydrogens is 254 g/mol. The molecule has 114 valence electrons. The van der Waals surface area contributed by atoms with Crippen LogP contribution in [0.25, 0.3) is 0 Å². The highest BCUT2D eigenvalue weighted by Gasteiger charge is 2.42. The summed E-state index contributed by atoms with van der Waals surface area (Å²) in [5.41, 5.74) is 0. The molecular formula is C16H27NO3. The van der Waals surface area contributed by atoms with Gasteiger partial charge in [-0.1, -0.05) is 26.2 Å². The lowest BCUT2D eigenvalue weighted by Crippen LogP contribution is -2.42. The minimum atomic E-state index is -0.811. The first-order valence-electron chi connectivity index (χ1n) is 8.06. The molecule has 0 spiro atoms. The Morgan fingerprint density at radius 3 is 2.35 bits per heavy atom. The van der Waals surface area contributed by atoms with Gasteiger partial charge in [0.1, 0.15) is 0 Å². The molecule has 0 aromatic rings. The Morgan fingerprint density at radius 1 is 1.20 bits per heavy atom. The smallest absolute Gasteiger partial charge is 0.307 e. The zero-order valence-electron chi connectivity index (χ0n) is 12.6. The van der Waals surface area contributed by atoms with E-state index in [0.29, 0.717) is 18.3 Å². The Morgan fingerprint density at radius 2 is 1.80 bits per heavy atom. The zero-order valence-corrected chi connectivity index (χ0v) is 12.6. The summed E-state index contributed by atoms with van der Waals surface area (Å²) in [5.74, 6) is -0.710. The van der Waals surface area contributed by atoms with Crippen molar-refractivity contribution in [3.05, 3.63) is 0 Å². The fourth-order valence-electron chi connectivity index (χ4n) is 3.95. The Kier molecular flexibility index (Phi) is 5.06. The van der Waals surface area contributed by atoms with Crippen molar-refractivity contribution in [2.24, 2.45) is 23.7 Å². The molecule has 0 bridgehead atoms. The molecule has 0 aliphatic heterocycles. The molecule has 0 aromatic carbocycles. The highest BCUT2D eigenvalue weighted by Crippen LogP contribution is 2.38. The van der Waals surface area contributed by atoms with Crippen LogP contribution >= 0.6 is 0 Å². The average molecular weight is 281 g/mol. The largest absolute Gasteiger partial charge is 0.481 e. The Bertz CT molecular complexity index is 363. The first-order chi connectivity index (χ1) is 9.52. The second-order valence-electron chi connectivity index (χ2n) is 6.64. The molecule has 2 saturated carbocycles. The number of carbonyl (C=O) groups is 2. The molecule has 1 amide bonds. The van der Waals surface area contributed by atoms with Gasteiger partial charge in [0.25, 0.3) is 0 Å². The van der Waals surface area contributed by atoms with Crippen LogP contribution in [0.2, 0.25) is 0 Å². The van der Waals surface area contributed by atoms with Gasteiger partial charge in [-0.2, -0.15) is 0 Å². The van der Waals surface area contributed by atoms with Crippen LogP contribution in [0.15, 0.2) is 0 Å². The van der Waals surface area contributed by atoms with Gasteiger partial charge in [0, 0.05) is 6.04 Å². The minimum absolute atomic E-state index is 0.0345. The standard InChI is InChI=1S/C16H27NO3/c1-3-11-8-13(14(9-11)16(19)20)15(18)17-10(2)12-6-4-5-7-12/h10-14H,3-9H2,1-2H3,(H,17,18)(H,19,20).